The first kappa shape index (κ1) is 19.9. The van der Waals surface area contributed by atoms with Crippen LogP contribution in [0.3, 0.4) is 0 Å². The summed E-state index contributed by atoms with van der Waals surface area (Å²) in [5.74, 6) is 0.836. The minimum atomic E-state index is -3.76. The van der Waals surface area contributed by atoms with Crippen molar-refractivity contribution in [3.8, 4) is 5.75 Å². The summed E-state index contributed by atoms with van der Waals surface area (Å²) < 4.78 is 28.3. The monoisotopic (exact) mass is 382 g/mol. The lowest BCUT2D eigenvalue weighted by Gasteiger charge is -2.14. The summed E-state index contributed by atoms with van der Waals surface area (Å²) in [4.78, 5) is 13.9. The second-order valence-electron chi connectivity index (χ2n) is 5.16. The molecule has 0 bridgehead atoms. The molecule has 0 aliphatic heterocycles. The molecule has 0 atom stereocenters. The van der Waals surface area contributed by atoms with Gasteiger partial charge >= 0.3 is 7.60 Å². The lowest BCUT2D eigenvalue weighted by atomic mass is 10.1. The SMILES string of the molecule is CCOc1ccc(Cc2ccc(C(=O)P(=O)(OCC)OCC)s2)cc1. The Kier molecular flexibility index (Phi) is 7.38. The third-order valence-electron chi connectivity index (χ3n) is 3.33. The third-order valence-corrected chi connectivity index (χ3v) is 6.50. The first-order valence-electron chi connectivity index (χ1n) is 8.26. The van der Waals surface area contributed by atoms with Gasteiger partial charge in [-0.25, -0.2) is 0 Å². The molecule has 5 nitrogen and oxygen atoms in total. The van der Waals surface area contributed by atoms with Gasteiger partial charge in [0, 0.05) is 11.3 Å². The Labute approximate surface area is 152 Å². The average molecular weight is 382 g/mol. The molecule has 2 rings (SSSR count). The molecule has 0 amide bonds. The van der Waals surface area contributed by atoms with Gasteiger partial charge in [0.2, 0.25) is 0 Å². The summed E-state index contributed by atoms with van der Waals surface area (Å²) >= 11 is 1.32. The molecule has 7 heteroatoms. The van der Waals surface area contributed by atoms with Gasteiger partial charge in [-0.3, -0.25) is 9.36 Å². The van der Waals surface area contributed by atoms with Crippen molar-refractivity contribution < 1.29 is 23.1 Å². The molecule has 0 spiro atoms. The normalized spacial score (nSPS) is 11.5. The van der Waals surface area contributed by atoms with E-state index in [4.69, 9.17) is 13.8 Å². The van der Waals surface area contributed by atoms with E-state index >= 15 is 0 Å². The maximum Gasteiger partial charge on any atom is 0.402 e. The Morgan fingerprint density at radius 2 is 1.60 bits per heavy atom. The molecule has 1 aromatic carbocycles. The van der Waals surface area contributed by atoms with E-state index < -0.39 is 13.1 Å². The van der Waals surface area contributed by atoms with Crippen molar-refractivity contribution in [2.24, 2.45) is 0 Å². The average Bonchev–Trinajstić information content (AvgIpc) is 3.05. The summed E-state index contributed by atoms with van der Waals surface area (Å²) in [6.07, 6.45) is 0.692. The molecule has 1 aromatic heterocycles. The molecule has 0 aliphatic rings. The summed E-state index contributed by atoms with van der Waals surface area (Å²) in [5.41, 5.74) is 0.543. The fourth-order valence-electron chi connectivity index (χ4n) is 2.29. The van der Waals surface area contributed by atoms with Crippen LogP contribution in [0.5, 0.6) is 5.75 Å². The number of carbonyl (C=O) groups is 1. The first-order valence-corrected chi connectivity index (χ1v) is 10.6. The van der Waals surface area contributed by atoms with Crippen LogP contribution < -0.4 is 4.74 Å². The molecule has 25 heavy (non-hydrogen) atoms. The summed E-state index contributed by atoms with van der Waals surface area (Å²) in [7, 11) is -3.76. The van der Waals surface area contributed by atoms with E-state index in [1.54, 1.807) is 19.9 Å². The van der Waals surface area contributed by atoms with Crippen molar-refractivity contribution in [1.29, 1.82) is 0 Å². The quantitative estimate of drug-likeness (QED) is 0.532. The van der Waals surface area contributed by atoms with Crippen LogP contribution >= 0.6 is 18.9 Å². The van der Waals surface area contributed by atoms with Crippen molar-refractivity contribution in [1.82, 2.24) is 0 Å². The summed E-state index contributed by atoms with van der Waals surface area (Å²) in [5, 5.41) is 0. The molecule has 0 aliphatic carbocycles. The van der Waals surface area contributed by atoms with Crippen LogP contribution in [0.25, 0.3) is 0 Å². The zero-order valence-electron chi connectivity index (χ0n) is 14.7. The largest absolute Gasteiger partial charge is 0.494 e. The highest BCUT2D eigenvalue weighted by molar-refractivity contribution is 7.73. The van der Waals surface area contributed by atoms with Gasteiger partial charge in [0.05, 0.1) is 24.7 Å². The highest BCUT2D eigenvalue weighted by Gasteiger charge is 2.36. The molecule has 0 saturated carbocycles. The number of ether oxygens (including phenoxy) is 1. The predicted molar refractivity (Wildman–Crippen MR) is 99.9 cm³/mol. The van der Waals surface area contributed by atoms with Gasteiger partial charge in [-0.15, -0.1) is 11.3 Å². The molecule has 0 unspecified atom stereocenters. The van der Waals surface area contributed by atoms with Gasteiger partial charge in [0.15, 0.2) is 0 Å². The van der Waals surface area contributed by atoms with Gasteiger partial charge in [-0.05, 0) is 50.6 Å². The van der Waals surface area contributed by atoms with Crippen molar-refractivity contribution in [3.05, 3.63) is 51.7 Å². The Bertz CT molecular complexity index is 728. The molecular formula is C18H23O5PS. The molecule has 0 radical (unpaired) electrons. The van der Waals surface area contributed by atoms with Crippen LogP contribution in [0.1, 0.15) is 40.9 Å². The molecule has 136 valence electrons. The van der Waals surface area contributed by atoms with Crippen molar-refractivity contribution in [3.63, 3.8) is 0 Å². The van der Waals surface area contributed by atoms with Crippen LogP contribution in [0.15, 0.2) is 36.4 Å². The number of rotatable bonds is 10. The van der Waals surface area contributed by atoms with Gasteiger partial charge in [-0.1, -0.05) is 12.1 Å². The van der Waals surface area contributed by atoms with Gasteiger partial charge in [0.1, 0.15) is 5.75 Å². The van der Waals surface area contributed by atoms with Gasteiger partial charge in [0.25, 0.3) is 5.52 Å². The molecular weight excluding hydrogens is 359 g/mol. The summed E-state index contributed by atoms with van der Waals surface area (Å²) in [6.45, 7) is 6.27. The standard InChI is InChI=1S/C18H23O5PS/c1-4-21-15-9-7-14(8-10-15)13-16-11-12-17(25-16)18(19)24(20,22-5-2)23-6-3/h7-12H,4-6,13H2,1-3H3. The topological polar surface area (TPSA) is 61.8 Å². The lowest BCUT2D eigenvalue weighted by molar-refractivity contribution is 0.100. The Hall–Kier alpha value is -1.46. The molecule has 2 aromatic rings. The fraction of sp³-hybridized carbons (Fsp3) is 0.389. The Morgan fingerprint density at radius 1 is 0.960 bits per heavy atom. The zero-order chi connectivity index (χ0) is 18.3. The second kappa shape index (κ2) is 9.30. The fourth-order valence-corrected chi connectivity index (χ4v) is 4.98. The maximum atomic E-state index is 12.6. The van der Waals surface area contributed by atoms with Crippen LogP contribution in [-0.2, 0) is 20.0 Å². The first-order chi connectivity index (χ1) is 12.0. The van der Waals surface area contributed by atoms with E-state index in [1.165, 1.54) is 11.3 Å². The van der Waals surface area contributed by atoms with E-state index in [0.29, 0.717) is 17.9 Å². The number of thiophene rings is 1. The number of hydrogen-bond donors (Lipinski definition) is 0. The Balaban J connectivity index is 2.10. The van der Waals surface area contributed by atoms with E-state index in [9.17, 15) is 9.36 Å². The van der Waals surface area contributed by atoms with E-state index in [1.807, 2.05) is 37.3 Å². The van der Waals surface area contributed by atoms with Crippen LogP contribution in [0.2, 0.25) is 0 Å². The predicted octanol–water partition coefficient (Wildman–Crippen LogP) is 5.14. The van der Waals surface area contributed by atoms with Gasteiger partial charge in [-0.2, -0.15) is 0 Å². The van der Waals surface area contributed by atoms with Crippen LogP contribution in [0.4, 0.5) is 0 Å². The van der Waals surface area contributed by atoms with E-state index in [0.717, 1.165) is 16.2 Å². The number of carbonyl (C=O) groups excluding carboxylic acids is 1. The zero-order valence-corrected chi connectivity index (χ0v) is 16.4. The van der Waals surface area contributed by atoms with E-state index in [2.05, 4.69) is 0 Å². The van der Waals surface area contributed by atoms with Crippen molar-refractivity contribution in [2.45, 2.75) is 27.2 Å². The van der Waals surface area contributed by atoms with E-state index in [-0.39, 0.29) is 13.2 Å². The molecule has 0 fully saturated rings. The minimum absolute atomic E-state index is 0.160. The lowest BCUT2D eigenvalue weighted by Crippen LogP contribution is -2.06. The van der Waals surface area contributed by atoms with Crippen molar-refractivity contribution in [2.75, 3.05) is 19.8 Å². The highest BCUT2D eigenvalue weighted by atomic mass is 32.1. The molecule has 0 N–H and O–H groups in total. The number of hydrogen-bond acceptors (Lipinski definition) is 6. The van der Waals surface area contributed by atoms with Crippen molar-refractivity contribution >= 4 is 24.5 Å². The smallest absolute Gasteiger partial charge is 0.402 e. The van der Waals surface area contributed by atoms with Gasteiger partial charge < -0.3 is 13.8 Å². The number of benzene rings is 1. The van der Waals surface area contributed by atoms with Crippen LogP contribution in [0, 0.1) is 0 Å². The molecule has 1 heterocycles. The Morgan fingerprint density at radius 3 is 2.16 bits per heavy atom. The molecule has 0 saturated heterocycles. The van der Waals surface area contributed by atoms with Crippen LogP contribution in [-0.4, -0.2) is 25.3 Å². The minimum Gasteiger partial charge on any atom is -0.494 e. The highest BCUT2D eigenvalue weighted by Crippen LogP contribution is 2.52. The third kappa shape index (κ3) is 5.25. The summed E-state index contributed by atoms with van der Waals surface area (Å²) in [6, 6.07) is 11.4. The second-order valence-corrected chi connectivity index (χ2v) is 8.24. The maximum absolute atomic E-state index is 12.6.